The van der Waals surface area contributed by atoms with E-state index in [1.54, 1.807) is 5.38 Å². The zero-order chi connectivity index (χ0) is 14.4. The van der Waals surface area contributed by atoms with E-state index in [2.05, 4.69) is 0 Å². The molecule has 0 aliphatic heterocycles. The van der Waals surface area contributed by atoms with E-state index >= 15 is 0 Å². The third-order valence-corrected chi connectivity index (χ3v) is 3.50. The molecule has 0 unspecified atom stereocenters. The summed E-state index contributed by atoms with van der Waals surface area (Å²) in [4.78, 5) is 11.0. The number of rotatable bonds is 7. The Balaban J connectivity index is 1.67. The molecule has 0 fully saturated rings. The van der Waals surface area contributed by atoms with E-state index < -0.39 is 5.97 Å². The van der Waals surface area contributed by atoms with Gasteiger partial charge in [-0.25, -0.2) is 4.79 Å². The summed E-state index contributed by atoms with van der Waals surface area (Å²) in [7, 11) is 0. The van der Waals surface area contributed by atoms with E-state index in [1.165, 1.54) is 11.6 Å². The molecule has 2 aromatic rings. The van der Waals surface area contributed by atoms with E-state index in [0.29, 0.717) is 19.0 Å². The highest BCUT2D eigenvalue weighted by molar-refractivity contribution is 7.12. The molecular formula is C15H16O4S. The standard InChI is InChI=1S/C15H16O4S/c1-11-4-2-5-12(8-11)18-6-3-7-19-13-9-14(15(16)17)20-10-13/h2,4-5,8-10H,3,6-7H2,1H3,(H,16,17). The smallest absolute Gasteiger partial charge is 0.346 e. The molecule has 0 spiro atoms. The molecule has 4 nitrogen and oxygen atoms in total. The van der Waals surface area contributed by atoms with E-state index in [9.17, 15) is 4.79 Å². The first kappa shape index (κ1) is 14.4. The van der Waals surface area contributed by atoms with Crippen molar-refractivity contribution in [2.24, 2.45) is 0 Å². The molecule has 0 saturated carbocycles. The third kappa shape index (κ3) is 4.28. The lowest BCUT2D eigenvalue weighted by Crippen LogP contribution is -2.04. The summed E-state index contributed by atoms with van der Waals surface area (Å²) >= 11 is 1.16. The van der Waals surface area contributed by atoms with Crippen molar-refractivity contribution in [2.75, 3.05) is 13.2 Å². The van der Waals surface area contributed by atoms with Crippen LogP contribution in [-0.2, 0) is 0 Å². The highest BCUT2D eigenvalue weighted by atomic mass is 32.1. The van der Waals surface area contributed by atoms with Crippen LogP contribution in [0.3, 0.4) is 0 Å². The number of hydrogen-bond donors (Lipinski definition) is 1. The molecule has 0 amide bonds. The quantitative estimate of drug-likeness (QED) is 0.792. The van der Waals surface area contributed by atoms with Crippen LogP contribution in [0.25, 0.3) is 0 Å². The summed E-state index contributed by atoms with van der Waals surface area (Å²) in [5.74, 6) is 0.532. The summed E-state index contributed by atoms with van der Waals surface area (Å²) in [6.45, 7) is 3.09. The first-order valence-electron chi connectivity index (χ1n) is 6.29. The van der Waals surface area contributed by atoms with Crippen LogP contribution in [-0.4, -0.2) is 24.3 Å². The molecule has 1 aromatic carbocycles. The van der Waals surface area contributed by atoms with Crippen molar-refractivity contribution in [3.8, 4) is 11.5 Å². The fraction of sp³-hybridized carbons (Fsp3) is 0.267. The lowest BCUT2D eigenvalue weighted by atomic mass is 10.2. The Morgan fingerprint density at radius 2 is 1.95 bits per heavy atom. The maximum absolute atomic E-state index is 10.7. The zero-order valence-electron chi connectivity index (χ0n) is 11.2. The van der Waals surface area contributed by atoms with E-state index in [1.807, 2.05) is 31.2 Å². The molecule has 5 heteroatoms. The van der Waals surface area contributed by atoms with Gasteiger partial charge in [0.05, 0.1) is 13.2 Å². The molecule has 0 aliphatic carbocycles. The number of aromatic carboxylic acids is 1. The number of ether oxygens (including phenoxy) is 2. The number of carboxylic acid groups (broad SMARTS) is 1. The number of carbonyl (C=O) groups is 1. The largest absolute Gasteiger partial charge is 0.493 e. The number of hydrogen-bond acceptors (Lipinski definition) is 4. The number of thiophene rings is 1. The van der Waals surface area contributed by atoms with Crippen molar-refractivity contribution in [3.63, 3.8) is 0 Å². The van der Waals surface area contributed by atoms with Gasteiger partial charge in [0.1, 0.15) is 16.4 Å². The van der Waals surface area contributed by atoms with Crippen LogP contribution < -0.4 is 9.47 Å². The molecule has 0 saturated heterocycles. The van der Waals surface area contributed by atoms with Gasteiger partial charge in [0.25, 0.3) is 0 Å². The van der Waals surface area contributed by atoms with Gasteiger partial charge in [-0.2, -0.15) is 0 Å². The van der Waals surface area contributed by atoms with Crippen molar-refractivity contribution in [3.05, 3.63) is 46.2 Å². The molecule has 0 atom stereocenters. The molecule has 0 bridgehead atoms. The van der Waals surface area contributed by atoms with Gasteiger partial charge in [0.2, 0.25) is 0 Å². The van der Waals surface area contributed by atoms with Gasteiger partial charge in [0.15, 0.2) is 0 Å². The van der Waals surface area contributed by atoms with E-state index in [0.717, 1.165) is 23.5 Å². The average molecular weight is 292 g/mol. The predicted molar refractivity (Wildman–Crippen MR) is 78.1 cm³/mol. The molecule has 1 heterocycles. The Bertz CT molecular complexity index is 577. The summed E-state index contributed by atoms with van der Waals surface area (Å²) in [6.07, 6.45) is 0.742. The van der Waals surface area contributed by atoms with Crippen LogP contribution >= 0.6 is 11.3 Å². The van der Waals surface area contributed by atoms with Crippen molar-refractivity contribution >= 4 is 17.3 Å². The molecule has 0 radical (unpaired) electrons. The van der Waals surface area contributed by atoms with Gasteiger partial charge < -0.3 is 14.6 Å². The van der Waals surface area contributed by atoms with Crippen molar-refractivity contribution in [1.29, 1.82) is 0 Å². The predicted octanol–water partition coefficient (Wildman–Crippen LogP) is 3.60. The number of carboxylic acids is 1. The molecular weight excluding hydrogens is 276 g/mol. The minimum atomic E-state index is -0.923. The van der Waals surface area contributed by atoms with E-state index in [-0.39, 0.29) is 4.88 Å². The summed E-state index contributed by atoms with van der Waals surface area (Å²) in [5, 5.41) is 10.5. The third-order valence-electron chi connectivity index (χ3n) is 2.60. The first-order valence-corrected chi connectivity index (χ1v) is 7.17. The second kappa shape index (κ2) is 6.96. The maximum atomic E-state index is 10.7. The van der Waals surface area contributed by atoms with Gasteiger partial charge in [0, 0.05) is 17.9 Å². The topological polar surface area (TPSA) is 55.8 Å². The van der Waals surface area contributed by atoms with Gasteiger partial charge in [-0.1, -0.05) is 12.1 Å². The van der Waals surface area contributed by atoms with E-state index in [4.69, 9.17) is 14.6 Å². The first-order chi connectivity index (χ1) is 9.65. The summed E-state index contributed by atoms with van der Waals surface area (Å²) < 4.78 is 11.1. The number of benzene rings is 1. The van der Waals surface area contributed by atoms with Crippen LogP contribution in [0.5, 0.6) is 11.5 Å². The van der Waals surface area contributed by atoms with Crippen molar-refractivity contribution < 1.29 is 19.4 Å². The van der Waals surface area contributed by atoms with Gasteiger partial charge >= 0.3 is 5.97 Å². The summed E-state index contributed by atoms with van der Waals surface area (Å²) in [6, 6.07) is 9.42. The Labute approximate surface area is 121 Å². The SMILES string of the molecule is Cc1cccc(OCCCOc2csc(C(=O)O)c2)c1. The van der Waals surface area contributed by atoms with Crippen LogP contribution in [0, 0.1) is 6.92 Å². The highest BCUT2D eigenvalue weighted by Gasteiger charge is 2.07. The molecule has 106 valence electrons. The number of aryl methyl sites for hydroxylation is 1. The molecule has 1 N–H and O–H groups in total. The van der Waals surface area contributed by atoms with Gasteiger partial charge in [-0.3, -0.25) is 0 Å². The second-order valence-corrected chi connectivity index (χ2v) is 5.23. The fourth-order valence-corrected chi connectivity index (χ4v) is 2.31. The summed E-state index contributed by atoms with van der Waals surface area (Å²) in [5.41, 5.74) is 1.17. The minimum absolute atomic E-state index is 0.288. The van der Waals surface area contributed by atoms with Crippen LogP contribution in [0.1, 0.15) is 21.7 Å². The molecule has 1 aromatic heterocycles. The zero-order valence-corrected chi connectivity index (χ0v) is 12.0. The lowest BCUT2D eigenvalue weighted by molar-refractivity contribution is 0.0702. The van der Waals surface area contributed by atoms with Crippen LogP contribution in [0.4, 0.5) is 0 Å². The minimum Gasteiger partial charge on any atom is -0.493 e. The normalized spacial score (nSPS) is 10.2. The molecule has 0 aliphatic rings. The second-order valence-electron chi connectivity index (χ2n) is 4.32. The Morgan fingerprint density at radius 3 is 2.60 bits per heavy atom. The van der Waals surface area contributed by atoms with Crippen LogP contribution in [0.15, 0.2) is 35.7 Å². The Morgan fingerprint density at radius 1 is 1.20 bits per heavy atom. The lowest BCUT2D eigenvalue weighted by Gasteiger charge is -2.07. The van der Waals surface area contributed by atoms with Crippen molar-refractivity contribution in [1.82, 2.24) is 0 Å². The monoisotopic (exact) mass is 292 g/mol. The molecule has 20 heavy (non-hydrogen) atoms. The fourth-order valence-electron chi connectivity index (χ4n) is 1.65. The Hall–Kier alpha value is -2.01. The van der Waals surface area contributed by atoms with Gasteiger partial charge in [-0.15, -0.1) is 11.3 Å². The molecule has 2 rings (SSSR count). The Kier molecular flexibility index (Phi) is 5.01. The average Bonchev–Trinajstić information content (AvgIpc) is 2.87. The highest BCUT2D eigenvalue weighted by Crippen LogP contribution is 2.21. The van der Waals surface area contributed by atoms with Crippen LogP contribution in [0.2, 0.25) is 0 Å². The van der Waals surface area contributed by atoms with Crippen molar-refractivity contribution in [2.45, 2.75) is 13.3 Å². The maximum Gasteiger partial charge on any atom is 0.346 e. The van der Waals surface area contributed by atoms with Gasteiger partial charge in [-0.05, 0) is 24.6 Å².